The van der Waals surface area contributed by atoms with Crippen molar-refractivity contribution >= 4 is 41.0 Å². The molecule has 0 amide bonds. The maximum atomic E-state index is 7.05. The number of hydrazone groups is 2. The van der Waals surface area contributed by atoms with E-state index in [2.05, 4.69) is 24.3 Å². The van der Waals surface area contributed by atoms with E-state index < -0.39 is 7.44 Å². The van der Waals surface area contributed by atoms with Gasteiger partial charge in [0.15, 0.2) is 0 Å². The van der Waals surface area contributed by atoms with Gasteiger partial charge in [0.05, 0.1) is 0 Å². The molecule has 2 heterocycles. The van der Waals surface area contributed by atoms with Gasteiger partial charge in [-0.15, -0.1) is 0 Å². The minimum atomic E-state index is -5.29. The van der Waals surface area contributed by atoms with E-state index in [-0.39, 0.29) is 0 Å². The van der Waals surface area contributed by atoms with Crippen molar-refractivity contribution in [3.63, 3.8) is 0 Å². The van der Waals surface area contributed by atoms with Crippen LogP contribution in [-0.2, 0) is 8.85 Å². The van der Waals surface area contributed by atoms with Crippen LogP contribution in [0.1, 0.15) is 41.5 Å². The first kappa shape index (κ1) is 19.3. The molecule has 1 spiro atoms. The van der Waals surface area contributed by atoms with E-state index in [1.165, 1.54) is 0 Å². The molecule has 152 valence electrons. The number of benzene rings is 2. The standard InChI is InChI=1S/C22H28N4O2Si/c1-17(2)25-23-19(5)27-29(25,21-13-9-7-10-14-21,22-15-11-8-12-16-22)26(18(3)4)24-20(6)28-29/h7-16H,1-6H3. The van der Waals surface area contributed by atoms with Crippen LogP contribution in [0.5, 0.6) is 0 Å². The summed E-state index contributed by atoms with van der Waals surface area (Å²) in [5.41, 5.74) is 1.91. The first-order valence-electron chi connectivity index (χ1n) is 9.88. The minimum absolute atomic E-state index is 0.541. The van der Waals surface area contributed by atoms with E-state index in [1.54, 1.807) is 0 Å². The number of hydrogen-bond donors (Lipinski definition) is 0. The Bertz CT molecular complexity index is 1050. The van der Waals surface area contributed by atoms with Crippen LogP contribution in [0.3, 0.4) is 0 Å². The zero-order valence-corrected chi connectivity index (χ0v) is 18.9. The van der Waals surface area contributed by atoms with Crippen LogP contribution in [-0.4, -0.2) is 39.4 Å². The third-order valence-electron chi connectivity index (χ3n) is 5.88. The predicted molar refractivity (Wildman–Crippen MR) is 120 cm³/mol. The van der Waals surface area contributed by atoms with Crippen LogP contribution in [0.25, 0.3) is 0 Å². The SMILES string of the molecule is CC1=N[N+](=C(C)C)[Si-2]2(c3ccccc3)(c3ccccc3)(O1)OC(C)=N[N+]2=C(C)C. The quantitative estimate of drug-likeness (QED) is 0.718. The van der Waals surface area contributed by atoms with E-state index in [0.29, 0.717) is 11.8 Å². The summed E-state index contributed by atoms with van der Waals surface area (Å²) in [6.07, 6.45) is 0. The Kier molecular flexibility index (Phi) is 3.81. The van der Waals surface area contributed by atoms with Gasteiger partial charge in [0.1, 0.15) is 0 Å². The van der Waals surface area contributed by atoms with Crippen molar-refractivity contribution in [3.8, 4) is 0 Å². The van der Waals surface area contributed by atoms with Gasteiger partial charge < -0.3 is 0 Å². The van der Waals surface area contributed by atoms with Crippen molar-refractivity contribution in [1.82, 2.24) is 0 Å². The van der Waals surface area contributed by atoms with Gasteiger partial charge in [-0.1, -0.05) is 0 Å². The fraction of sp³-hybridized carbons (Fsp3) is 0.273. The zero-order chi connectivity index (χ0) is 20.9. The third-order valence-corrected chi connectivity index (χ3v) is 13.6. The van der Waals surface area contributed by atoms with Gasteiger partial charge in [0, 0.05) is 0 Å². The Morgan fingerprint density at radius 3 is 1.31 bits per heavy atom. The van der Waals surface area contributed by atoms with Crippen molar-refractivity contribution < 1.29 is 17.6 Å². The summed E-state index contributed by atoms with van der Waals surface area (Å²) in [6.45, 7) is 11.9. The normalized spacial score (nSPS) is 23.0. The van der Waals surface area contributed by atoms with E-state index in [0.717, 1.165) is 21.8 Å². The Balaban J connectivity index is 2.44. The Labute approximate surface area is 171 Å². The molecule has 0 unspecified atom stereocenters. The van der Waals surface area contributed by atoms with Crippen molar-refractivity contribution in [3.05, 3.63) is 60.7 Å². The van der Waals surface area contributed by atoms with Crippen molar-refractivity contribution in [2.75, 3.05) is 0 Å². The third kappa shape index (κ3) is 1.91. The summed E-state index contributed by atoms with van der Waals surface area (Å²) >= 11 is 0. The van der Waals surface area contributed by atoms with E-state index in [1.807, 2.05) is 86.6 Å². The molecule has 0 aliphatic carbocycles. The maximum absolute atomic E-state index is 7.05. The fourth-order valence-electron chi connectivity index (χ4n) is 5.23. The topological polar surface area (TPSA) is 49.2 Å². The molecule has 0 aromatic heterocycles. The molecule has 2 aliphatic heterocycles. The Morgan fingerprint density at radius 2 is 1.00 bits per heavy atom. The average molecular weight is 409 g/mol. The molecule has 0 saturated heterocycles. The second kappa shape index (κ2) is 5.73. The summed E-state index contributed by atoms with van der Waals surface area (Å²) in [7, 11) is -5.29. The van der Waals surface area contributed by atoms with Crippen molar-refractivity contribution in [1.29, 1.82) is 0 Å². The molecule has 4 rings (SSSR count). The van der Waals surface area contributed by atoms with Gasteiger partial charge in [-0.05, 0) is 0 Å². The molecule has 2 aromatic carbocycles. The second-order valence-electron chi connectivity index (χ2n) is 8.22. The Hall–Kier alpha value is -3.06. The molecule has 2 aromatic rings. The van der Waals surface area contributed by atoms with Gasteiger partial charge in [0.25, 0.3) is 0 Å². The molecule has 0 fully saturated rings. The number of nitrogens with zero attached hydrogens (tertiary/aromatic N) is 4. The van der Waals surface area contributed by atoms with Crippen LogP contribution < -0.4 is 10.4 Å². The van der Waals surface area contributed by atoms with Gasteiger partial charge in [0.2, 0.25) is 0 Å². The molecule has 7 heteroatoms. The summed E-state index contributed by atoms with van der Waals surface area (Å²) in [4.78, 5) is 0. The molecule has 0 radical (unpaired) electrons. The van der Waals surface area contributed by atoms with E-state index in [9.17, 15) is 0 Å². The van der Waals surface area contributed by atoms with Crippen LogP contribution in [0.2, 0.25) is 0 Å². The van der Waals surface area contributed by atoms with Gasteiger partial charge in [-0.25, -0.2) is 0 Å². The van der Waals surface area contributed by atoms with Crippen LogP contribution >= 0.6 is 0 Å². The van der Waals surface area contributed by atoms with Crippen LogP contribution in [0.15, 0.2) is 70.9 Å². The molecule has 29 heavy (non-hydrogen) atoms. The van der Waals surface area contributed by atoms with Crippen LogP contribution in [0.4, 0.5) is 0 Å². The Morgan fingerprint density at radius 1 is 0.655 bits per heavy atom. The van der Waals surface area contributed by atoms with Crippen molar-refractivity contribution in [2.24, 2.45) is 10.2 Å². The monoisotopic (exact) mass is 408 g/mol. The molecular weight excluding hydrogens is 380 g/mol. The average Bonchev–Trinajstić information content (AvgIpc) is 3.16. The first-order valence-corrected chi connectivity index (χ1v) is 12.6. The predicted octanol–water partition coefficient (Wildman–Crippen LogP) is 2.86. The summed E-state index contributed by atoms with van der Waals surface area (Å²) in [6, 6.07) is 20.3. The molecule has 0 N–H and O–H groups in total. The molecule has 0 atom stereocenters. The zero-order valence-electron chi connectivity index (χ0n) is 17.9. The molecule has 2 aliphatic rings. The number of rotatable bonds is 2. The van der Waals surface area contributed by atoms with Gasteiger partial charge >= 0.3 is 171 Å². The van der Waals surface area contributed by atoms with Gasteiger partial charge in [-0.3, -0.25) is 0 Å². The van der Waals surface area contributed by atoms with E-state index >= 15 is 0 Å². The first-order chi connectivity index (χ1) is 13.7. The van der Waals surface area contributed by atoms with Crippen molar-refractivity contribution in [2.45, 2.75) is 41.5 Å². The summed E-state index contributed by atoms with van der Waals surface area (Å²) < 4.78 is 18.1. The molecular formula is C22H28N4O2Si. The summed E-state index contributed by atoms with van der Waals surface area (Å²) in [5, 5.41) is 11.6. The second-order valence-corrected chi connectivity index (χ2v) is 13.7. The molecule has 6 nitrogen and oxygen atoms in total. The van der Waals surface area contributed by atoms with Gasteiger partial charge in [-0.2, -0.15) is 0 Å². The summed E-state index contributed by atoms with van der Waals surface area (Å²) in [5.74, 6) is 1.08. The number of hydrogen-bond acceptors (Lipinski definition) is 4. The fourth-order valence-corrected chi connectivity index (χ4v) is 13.6. The molecule has 0 bridgehead atoms. The van der Waals surface area contributed by atoms with Crippen LogP contribution in [0, 0.1) is 0 Å². The van der Waals surface area contributed by atoms with E-state index in [4.69, 9.17) is 19.1 Å². The molecule has 0 saturated carbocycles.